The molecule has 3 rings (SSSR count). The molecule has 1 aromatic heterocycles. The number of nitrogens with zero attached hydrogens (tertiary/aromatic N) is 1. The summed E-state index contributed by atoms with van der Waals surface area (Å²) in [5, 5.41) is 0. The van der Waals surface area contributed by atoms with Crippen molar-refractivity contribution in [3.05, 3.63) is 55.7 Å². The van der Waals surface area contributed by atoms with Crippen molar-refractivity contribution < 1.29 is 4.74 Å². The quantitative estimate of drug-likeness (QED) is 0.916. The van der Waals surface area contributed by atoms with Crippen LogP contribution < -0.4 is 16.0 Å². The van der Waals surface area contributed by atoms with Crippen LogP contribution in [0.25, 0.3) is 0 Å². The first-order valence-electron chi connectivity index (χ1n) is 8.60. The van der Waals surface area contributed by atoms with Crippen LogP contribution in [0.1, 0.15) is 42.9 Å². The van der Waals surface area contributed by atoms with Crippen molar-refractivity contribution >= 4 is 0 Å². The standard InChI is InChI=1S/C19H24N2O3/c1-4-16-17(22)20-19(23)21(11-14-6-5-7-14)18(16)24-15-9-12(2)8-13(3)10-15/h8-10,14H,4-7,11H2,1-3H3,(H,20,22,23). The van der Waals surface area contributed by atoms with E-state index in [0.29, 0.717) is 36.1 Å². The molecule has 1 aliphatic rings. The van der Waals surface area contributed by atoms with Gasteiger partial charge in [0, 0.05) is 6.54 Å². The lowest BCUT2D eigenvalue weighted by Crippen LogP contribution is -2.35. The molecule has 1 N–H and O–H groups in total. The van der Waals surface area contributed by atoms with E-state index in [4.69, 9.17) is 4.74 Å². The van der Waals surface area contributed by atoms with Gasteiger partial charge in [0.05, 0.1) is 5.56 Å². The van der Waals surface area contributed by atoms with E-state index in [2.05, 4.69) is 11.1 Å². The SMILES string of the molecule is CCc1c(Oc2cc(C)cc(C)c2)n(CC2CCC2)c(=O)[nH]c1=O. The third-order valence-electron chi connectivity index (χ3n) is 4.67. The van der Waals surface area contributed by atoms with Gasteiger partial charge >= 0.3 is 5.69 Å². The highest BCUT2D eigenvalue weighted by molar-refractivity contribution is 5.37. The van der Waals surface area contributed by atoms with Gasteiger partial charge in [-0.25, -0.2) is 4.79 Å². The van der Waals surface area contributed by atoms with E-state index in [9.17, 15) is 9.59 Å². The second-order valence-electron chi connectivity index (χ2n) is 6.73. The van der Waals surface area contributed by atoms with Crippen molar-refractivity contribution in [3.63, 3.8) is 0 Å². The van der Waals surface area contributed by atoms with Crippen molar-refractivity contribution in [2.45, 2.75) is 53.0 Å². The molecule has 0 saturated heterocycles. The van der Waals surface area contributed by atoms with E-state index in [1.807, 2.05) is 32.9 Å². The van der Waals surface area contributed by atoms with Crippen LogP contribution in [0.3, 0.4) is 0 Å². The third-order valence-corrected chi connectivity index (χ3v) is 4.67. The van der Waals surface area contributed by atoms with Gasteiger partial charge in [0.1, 0.15) is 5.75 Å². The van der Waals surface area contributed by atoms with Gasteiger partial charge in [0.15, 0.2) is 0 Å². The molecule has 0 aliphatic heterocycles. The zero-order chi connectivity index (χ0) is 17.3. The maximum absolute atomic E-state index is 12.4. The molecule has 1 aliphatic carbocycles. The average Bonchev–Trinajstić information content (AvgIpc) is 2.44. The number of aromatic amines is 1. The maximum Gasteiger partial charge on any atom is 0.331 e. The van der Waals surface area contributed by atoms with Gasteiger partial charge < -0.3 is 4.74 Å². The van der Waals surface area contributed by atoms with Crippen LogP contribution in [0.15, 0.2) is 27.8 Å². The van der Waals surface area contributed by atoms with Crippen LogP contribution in [0, 0.1) is 19.8 Å². The fourth-order valence-electron chi connectivity index (χ4n) is 3.22. The average molecular weight is 328 g/mol. The van der Waals surface area contributed by atoms with Crippen molar-refractivity contribution in [3.8, 4) is 11.6 Å². The van der Waals surface area contributed by atoms with Gasteiger partial charge in [-0.2, -0.15) is 0 Å². The fraction of sp³-hybridized carbons (Fsp3) is 0.474. The van der Waals surface area contributed by atoms with Gasteiger partial charge in [0.2, 0.25) is 5.88 Å². The Morgan fingerprint density at radius 3 is 2.38 bits per heavy atom. The molecule has 0 spiro atoms. The minimum absolute atomic E-state index is 0.355. The molecule has 2 aromatic rings. The molecule has 0 bridgehead atoms. The highest BCUT2D eigenvalue weighted by Crippen LogP contribution is 2.30. The Morgan fingerprint density at radius 1 is 1.17 bits per heavy atom. The van der Waals surface area contributed by atoms with Crippen LogP contribution in [-0.4, -0.2) is 9.55 Å². The van der Waals surface area contributed by atoms with Gasteiger partial charge in [-0.15, -0.1) is 0 Å². The lowest BCUT2D eigenvalue weighted by Gasteiger charge is -2.27. The first-order valence-corrected chi connectivity index (χ1v) is 8.60. The summed E-state index contributed by atoms with van der Waals surface area (Å²) >= 11 is 0. The van der Waals surface area contributed by atoms with Crippen molar-refractivity contribution in [1.82, 2.24) is 9.55 Å². The van der Waals surface area contributed by atoms with E-state index >= 15 is 0 Å². The lowest BCUT2D eigenvalue weighted by molar-refractivity contribution is 0.258. The van der Waals surface area contributed by atoms with Crippen molar-refractivity contribution in [2.75, 3.05) is 0 Å². The van der Waals surface area contributed by atoms with Gasteiger partial charge in [-0.05, 0) is 62.3 Å². The molecular weight excluding hydrogens is 304 g/mol. The maximum atomic E-state index is 12.4. The molecule has 1 saturated carbocycles. The Morgan fingerprint density at radius 2 is 1.83 bits per heavy atom. The number of hydrogen-bond donors (Lipinski definition) is 1. The highest BCUT2D eigenvalue weighted by atomic mass is 16.5. The molecule has 0 radical (unpaired) electrons. The van der Waals surface area contributed by atoms with E-state index in [0.717, 1.165) is 24.0 Å². The first kappa shape index (κ1) is 16.6. The summed E-state index contributed by atoms with van der Waals surface area (Å²) in [6.07, 6.45) is 3.96. The van der Waals surface area contributed by atoms with E-state index in [-0.39, 0.29) is 11.2 Å². The molecule has 5 nitrogen and oxygen atoms in total. The van der Waals surface area contributed by atoms with Crippen LogP contribution in [0.2, 0.25) is 0 Å². The summed E-state index contributed by atoms with van der Waals surface area (Å²) in [5.74, 6) is 1.54. The molecule has 1 aromatic carbocycles. The van der Waals surface area contributed by atoms with Gasteiger partial charge in [0.25, 0.3) is 5.56 Å². The van der Waals surface area contributed by atoms with Crippen LogP contribution in [0.4, 0.5) is 0 Å². The zero-order valence-electron chi connectivity index (χ0n) is 14.5. The number of aryl methyl sites for hydroxylation is 2. The van der Waals surface area contributed by atoms with Gasteiger partial charge in [-0.1, -0.05) is 19.4 Å². The molecule has 24 heavy (non-hydrogen) atoms. The first-order chi connectivity index (χ1) is 11.5. The largest absolute Gasteiger partial charge is 0.440 e. The summed E-state index contributed by atoms with van der Waals surface area (Å²) in [4.78, 5) is 27.0. The van der Waals surface area contributed by atoms with Crippen LogP contribution >= 0.6 is 0 Å². The Kier molecular flexibility index (Phi) is 4.60. The third kappa shape index (κ3) is 3.30. The van der Waals surface area contributed by atoms with Crippen molar-refractivity contribution in [2.24, 2.45) is 5.92 Å². The minimum Gasteiger partial charge on any atom is -0.440 e. The normalized spacial score (nSPS) is 14.5. The predicted molar refractivity (Wildman–Crippen MR) is 94.0 cm³/mol. The molecule has 0 unspecified atom stereocenters. The second-order valence-corrected chi connectivity index (χ2v) is 6.73. The highest BCUT2D eigenvalue weighted by Gasteiger charge is 2.23. The smallest absolute Gasteiger partial charge is 0.331 e. The zero-order valence-corrected chi connectivity index (χ0v) is 14.5. The number of benzene rings is 1. The van der Waals surface area contributed by atoms with E-state index in [1.165, 1.54) is 6.42 Å². The van der Waals surface area contributed by atoms with Crippen molar-refractivity contribution in [1.29, 1.82) is 0 Å². The van der Waals surface area contributed by atoms with E-state index in [1.54, 1.807) is 4.57 Å². The topological polar surface area (TPSA) is 64.1 Å². The number of nitrogens with one attached hydrogen (secondary N) is 1. The number of hydrogen-bond acceptors (Lipinski definition) is 3. The molecular formula is C19H24N2O3. The van der Waals surface area contributed by atoms with Crippen LogP contribution in [0.5, 0.6) is 11.6 Å². The Balaban J connectivity index is 2.08. The Hall–Kier alpha value is -2.30. The number of aromatic nitrogens is 2. The molecule has 0 atom stereocenters. The minimum atomic E-state index is -0.386. The number of ether oxygens (including phenoxy) is 1. The summed E-state index contributed by atoms with van der Waals surface area (Å²) in [6.45, 7) is 6.50. The summed E-state index contributed by atoms with van der Waals surface area (Å²) in [6, 6.07) is 5.91. The molecule has 1 heterocycles. The Bertz CT molecular complexity index is 840. The second kappa shape index (κ2) is 6.67. The molecule has 1 fully saturated rings. The monoisotopic (exact) mass is 328 g/mol. The van der Waals surface area contributed by atoms with E-state index < -0.39 is 0 Å². The number of H-pyrrole nitrogens is 1. The summed E-state index contributed by atoms with van der Waals surface area (Å²) in [7, 11) is 0. The van der Waals surface area contributed by atoms with Gasteiger partial charge in [-0.3, -0.25) is 14.3 Å². The summed E-state index contributed by atoms with van der Waals surface area (Å²) in [5.41, 5.74) is 1.95. The molecule has 5 heteroatoms. The Labute approximate surface area is 141 Å². The molecule has 128 valence electrons. The fourth-order valence-corrected chi connectivity index (χ4v) is 3.22. The molecule has 0 amide bonds. The summed E-state index contributed by atoms with van der Waals surface area (Å²) < 4.78 is 7.67. The van der Waals surface area contributed by atoms with Crippen LogP contribution in [-0.2, 0) is 13.0 Å². The number of rotatable bonds is 5. The predicted octanol–water partition coefficient (Wildman–Crippen LogP) is 3.31. The lowest BCUT2D eigenvalue weighted by atomic mass is 9.85.